The van der Waals surface area contributed by atoms with Crippen LogP contribution < -0.4 is 5.32 Å². The van der Waals surface area contributed by atoms with Crippen molar-refractivity contribution in [3.63, 3.8) is 0 Å². The van der Waals surface area contributed by atoms with Gasteiger partial charge in [-0.25, -0.2) is 4.98 Å². The third-order valence-corrected chi connectivity index (χ3v) is 2.63. The van der Waals surface area contributed by atoms with Gasteiger partial charge in [-0.05, 0) is 0 Å². The molecular weight excluding hydrogens is 253 g/mol. The van der Waals surface area contributed by atoms with Gasteiger partial charge in [-0.3, -0.25) is 0 Å². The van der Waals surface area contributed by atoms with E-state index in [1.54, 1.807) is 0 Å². The zero-order chi connectivity index (χ0) is 11.5. The fraction of sp³-hybridized carbons (Fsp3) is 0.571. The molecule has 1 aromatic rings. The van der Waals surface area contributed by atoms with Gasteiger partial charge in [-0.15, -0.1) is 11.3 Å². The summed E-state index contributed by atoms with van der Waals surface area (Å²) in [6, 6.07) is 0. The molecule has 86 valence electrons. The fourth-order valence-electron chi connectivity index (χ4n) is 0.801. The molecule has 8 heteroatoms. The quantitative estimate of drug-likeness (QED) is 0.868. The number of thiazole rings is 1. The minimum absolute atomic E-state index is 0.157. The molecule has 0 fully saturated rings. The number of aromatic nitrogens is 1. The Bertz CT molecular complexity index is 317. The van der Waals surface area contributed by atoms with E-state index in [9.17, 15) is 13.2 Å². The van der Waals surface area contributed by atoms with Gasteiger partial charge in [-0.2, -0.15) is 13.2 Å². The zero-order valence-electron chi connectivity index (χ0n) is 7.38. The summed E-state index contributed by atoms with van der Waals surface area (Å²) in [5.74, 6) is 0. The Hall–Kier alpha value is -0.370. The van der Waals surface area contributed by atoms with E-state index >= 15 is 0 Å². The Balaban J connectivity index is 2.28. The maximum Gasteiger partial charge on any atom is 0.415 e. The predicted molar refractivity (Wildman–Crippen MR) is 50.9 cm³/mol. The van der Waals surface area contributed by atoms with Crippen molar-refractivity contribution in [3.8, 4) is 0 Å². The maximum absolute atomic E-state index is 11.9. The van der Waals surface area contributed by atoms with Gasteiger partial charge in [0.1, 0.15) is 9.34 Å². The van der Waals surface area contributed by atoms with Crippen LogP contribution in [0.3, 0.4) is 0 Å². The van der Waals surface area contributed by atoms with Crippen molar-refractivity contribution in [1.29, 1.82) is 0 Å². The van der Waals surface area contributed by atoms with Crippen LogP contribution in [0.15, 0.2) is 6.20 Å². The first-order chi connectivity index (χ1) is 6.89. The molecule has 1 heterocycles. The monoisotopic (exact) mass is 260 g/mol. The lowest BCUT2D eigenvalue weighted by atomic mass is 10.3. The topological polar surface area (TPSA) is 45.1 Å². The molecule has 0 aromatic carbocycles. The van der Waals surface area contributed by atoms with E-state index < -0.39 is 18.8 Å². The van der Waals surface area contributed by atoms with Crippen LogP contribution in [0, 0.1) is 0 Å². The van der Waals surface area contributed by atoms with E-state index in [4.69, 9.17) is 16.7 Å². The highest BCUT2D eigenvalue weighted by atomic mass is 35.5. The highest BCUT2D eigenvalue weighted by Crippen LogP contribution is 2.20. The Labute approximate surface area is 92.9 Å². The number of nitrogens with one attached hydrogen (secondary N) is 1. The summed E-state index contributed by atoms with van der Waals surface area (Å²) in [6.07, 6.45) is -5.52. The molecule has 3 nitrogen and oxygen atoms in total. The average molecular weight is 261 g/mol. The van der Waals surface area contributed by atoms with E-state index in [2.05, 4.69) is 10.3 Å². The number of rotatable bonds is 4. The molecule has 0 amide bonds. The van der Waals surface area contributed by atoms with Crippen LogP contribution in [0.5, 0.6) is 0 Å². The lowest BCUT2D eigenvalue weighted by molar-refractivity contribution is -0.201. The zero-order valence-corrected chi connectivity index (χ0v) is 8.96. The molecule has 1 unspecified atom stereocenters. The smallest absolute Gasteiger partial charge is 0.382 e. The van der Waals surface area contributed by atoms with Gasteiger partial charge in [0.25, 0.3) is 0 Å². The lowest BCUT2D eigenvalue weighted by Crippen LogP contribution is -2.38. The Morgan fingerprint density at radius 2 is 2.27 bits per heavy atom. The highest BCUT2D eigenvalue weighted by molar-refractivity contribution is 7.15. The van der Waals surface area contributed by atoms with Crippen LogP contribution >= 0.6 is 22.9 Å². The molecule has 0 radical (unpaired) electrons. The van der Waals surface area contributed by atoms with Crippen molar-refractivity contribution >= 4 is 22.9 Å². The van der Waals surface area contributed by atoms with Gasteiger partial charge >= 0.3 is 6.18 Å². The van der Waals surface area contributed by atoms with Gasteiger partial charge < -0.3 is 10.4 Å². The highest BCUT2D eigenvalue weighted by Gasteiger charge is 2.37. The summed E-state index contributed by atoms with van der Waals surface area (Å²) in [5.41, 5.74) is 0. The average Bonchev–Trinajstić information content (AvgIpc) is 2.49. The number of alkyl halides is 3. The van der Waals surface area contributed by atoms with Gasteiger partial charge in [0, 0.05) is 13.1 Å². The minimum Gasteiger partial charge on any atom is -0.382 e. The number of halogens is 4. The second-order valence-corrected chi connectivity index (χ2v) is 4.49. The first kappa shape index (κ1) is 12.7. The predicted octanol–water partition coefficient (Wildman–Crippen LogP) is 1.81. The molecule has 0 aliphatic rings. The molecule has 0 saturated carbocycles. The van der Waals surface area contributed by atoms with E-state index in [1.807, 2.05) is 0 Å². The van der Waals surface area contributed by atoms with Crippen molar-refractivity contribution in [3.05, 3.63) is 15.5 Å². The van der Waals surface area contributed by atoms with Gasteiger partial charge in [0.15, 0.2) is 6.10 Å². The first-order valence-corrected chi connectivity index (χ1v) is 5.14. The van der Waals surface area contributed by atoms with E-state index in [0.29, 0.717) is 9.34 Å². The lowest BCUT2D eigenvalue weighted by Gasteiger charge is -2.14. The van der Waals surface area contributed by atoms with Gasteiger partial charge in [0.2, 0.25) is 0 Å². The summed E-state index contributed by atoms with van der Waals surface area (Å²) in [7, 11) is 0. The number of hydrogen-bond acceptors (Lipinski definition) is 4. The molecule has 15 heavy (non-hydrogen) atoms. The van der Waals surface area contributed by atoms with E-state index in [1.165, 1.54) is 17.5 Å². The largest absolute Gasteiger partial charge is 0.415 e. The Kier molecular flexibility index (Phi) is 4.32. The van der Waals surface area contributed by atoms with Crippen molar-refractivity contribution < 1.29 is 18.3 Å². The molecule has 0 bridgehead atoms. The third kappa shape index (κ3) is 4.33. The van der Waals surface area contributed by atoms with Gasteiger partial charge in [-0.1, -0.05) is 11.6 Å². The Morgan fingerprint density at radius 1 is 1.60 bits per heavy atom. The van der Waals surface area contributed by atoms with Crippen molar-refractivity contribution in [2.24, 2.45) is 0 Å². The molecule has 0 spiro atoms. The first-order valence-electron chi connectivity index (χ1n) is 3.95. The standard InChI is InChI=1S/C7H8ClF3N2OS/c8-5-2-13-6(15-5)3-12-1-4(14)7(9,10)11/h2,4,12,14H,1,3H2. The number of nitrogens with zero attached hydrogens (tertiary/aromatic N) is 1. The van der Waals surface area contributed by atoms with Crippen LogP contribution in [0.4, 0.5) is 13.2 Å². The maximum atomic E-state index is 11.9. The molecule has 0 aliphatic carbocycles. The summed E-state index contributed by atoms with van der Waals surface area (Å²) in [5, 5.41) is 11.7. The fourth-order valence-corrected chi connectivity index (χ4v) is 1.73. The molecule has 0 saturated heterocycles. The van der Waals surface area contributed by atoms with Crippen LogP contribution in [0.2, 0.25) is 4.34 Å². The van der Waals surface area contributed by atoms with Gasteiger partial charge in [0.05, 0.1) is 6.20 Å². The second-order valence-electron chi connectivity index (χ2n) is 2.75. The summed E-state index contributed by atoms with van der Waals surface area (Å²) >= 11 is 6.75. The SMILES string of the molecule is OC(CNCc1ncc(Cl)s1)C(F)(F)F. The summed E-state index contributed by atoms with van der Waals surface area (Å²) in [6.45, 7) is -0.398. The van der Waals surface area contributed by atoms with Crippen molar-refractivity contribution in [2.75, 3.05) is 6.54 Å². The van der Waals surface area contributed by atoms with Crippen LogP contribution in [0.25, 0.3) is 0 Å². The molecule has 1 atom stereocenters. The third-order valence-electron chi connectivity index (χ3n) is 1.52. The molecule has 1 rings (SSSR count). The van der Waals surface area contributed by atoms with Crippen molar-refractivity contribution in [2.45, 2.75) is 18.8 Å². The normalized spacial score (nSPS) is 14.2. The van der Waals surface area contributed by atoms with E-state index in [-0.39, 0.29) is 6.54 Å². The molecule has 2 N–H and O–H groups in total. The molecule has 1 aromatic heterocycles. The minimum atomic E-state index is -4.59. The van der Waals surface area contributed by atoms with E-state index in [0.717, 1.165) is 0 Å². The summed E-state index contributed by atoms with van der Waals surface area (Å²) < 4.78 is 36.0. The second kappa shape index (κ2) is 5.11. The van der Waals surface area contributed by atoms with Crippen molar-refractivity contribution in [1.82, 2.24) is 10.3 Å². The summed E-state index contributed by atoms with van der Waals surface area (Å²) in [4.78, 5) is 3.84. The Morgan fingerprint density at radius 3 is 2.73 bits per heavy atom. The van der Waals surface area contributed by atoms with Crippen LogP contribution in [-0.4, -0.2) is 28.9 Å². The van der Waals surface area contributed by atoms with Crippen LogP contribution in [-0.2, 0) is 6.54 Å². The number of aliphatic hydroxyl groups is 1. The molecular formula is C7H8ClF3N2OS. The molecule has 0 aliphatic heterocycles. The van der Waals surface area contributed by atoms with Crippen LogP contribution in [0.1, 0.15) is 5.01 Å². The number of aliphatic hydroxyl groups excluding tert-OH is 1. The number of hydrogen-bond donors (Lipinski definition) is 2.